The van der Waals surface area contributed by atoms with Crippen LogP contribution in [0.2, 0.25) is 0 Å². The van der Waals surface area contributed by atoms with E-state index in [0.717, 1.165) is 0 Å². The van der Waals surface area contributed by atoms with E-state index in [9.17, 15) is 13.7 Å². The van der Waals surface area contributed by atoms with Crippen molar-refractivity contribution in [3.05, 3.63) is 30.3 Å². The van der Waals surface area contributed by atoms with E-state index >= 15 is 0 Å². The fourth-order valence-electron chi connectivity index (χ4n) is 2.20. The van der Waals surface area contributed by atoms with Crippen molar-refractivity contribution in [2.24, 2.45) is 0 Å². The summed E-state index contributed by atoms with van der Waals surface area (Å²) in [4.78, 5) is 0.244. The zero-order valence-electron chi connectivity index (χ0n) is 10.9. The second kappa shape index (κ2) is 6.01. The third kappa shape index (κ3) is 2.56. The van der Waals surface area contributed by atoms with Crippen LogP contribution in [0.4, 0.5) is 0 Å². The standard InChI is InChI=1S/C14H19NO2S/c1-3-10-14(12-15,11-4-2)18(16,17)13-8-6-5-7-9-13/h5-9H,3-4,10-11H2,1-2H3. The van der Waals surface area contributed by atoms with Gasteiger partial charge in [-0.25, -0.2) is 8.42 Å². The van der Waals surface area contributed by atoms with Gasteiger partial charge in [0.05, 0.1) is 11.0 Å². The molecular formula is C14H19NO2S. The maximum atomic E-state index is 12.6. The van der Waals surface area contributed by atoms with E-state index in [1.807, 2.05) is 13.8 Å². The molecule has 0 aromatic heterocycles. The molecule has 0 saturated heterocycles. The van der Waals surface area contributed by atoms with Crippen LogP contribution >= 0.6 is 0 Å². The van der Waals surface area contributed by atoms with Crippen molar-refractivity contribution in [2.45, 2.75) is 49.2 Å². The molecule has 0 saturated carbocycles. The minimum absolute atomic E-state index is 0.244. The van der Waals surface area contributed by atoms with Gasteiger partial charge in [0.1, 0.15) is 0 Å². The van der Waals surface area contributed by atoms with E-state index in [1.54, 1.807) is 30.3 Å². The molecule has 0 spiro atoms. The number of sulfone groups is 1. The van der Waals surface area contributed by atoms with Gasteiger partial charge in [0.15, 0.2) is 14.6 Å². The molecular weight excluding hydrogens is 246 g/mol. The Hall–Kier alpha value is -1.34. The van der Waals surface area contributed by atoms with Gasteiger partial charge in [-0.3, -0.25) is 0 Å². The summed E-state index contributed by atoms with van der Waals surface area (Å²) in [7, 11) is -3.60. The second-order valence-corrected chi connectivity index (χ2v) is 6.68. The lowest BCUT2D eigenvalue weighted by atomic mass is 9.99. The van der Waals surface area contributed by atoms with Gasteiger partial charge in [0.25, 0.3) is 0 Å². The van der Waals surface area contributed by atoms with Crippen LogP contribution in [0.15, 0.2) is 35.2 Å². The Morgan fingerprint density at radius 3 is 2.00 bits per heavy atom. The van der Waals surface area contributed by atoms with Crippen LogP contribution in [0, 0.1) is 11.3 Å². The van der Waals surface area contributed by atoms with E-state index in [4.69, 9.17) is 0 Å². The molecule has 0 atom stereocenters. The lowest BCUT2D eigenvalue weighted by Gasteiger charge is -2.25. The van der Waals surface area contributed by atoms with Gasteiger partial charge < -0.3 is 0 Å². The fourth-order valence-corrected chi connectivity index (χ4v) is 4.23. The average molecular weight is 265 g/mol. The van der Waals surface area contributed by atoms with Crippen molar-refractivity contribution in [2.75, 3.05) is 0 Å². The normalized spacial score (nSPS) is 12.1. The van der Waals surface area contributed by atoms with Gasteiger partial charge in [0, 0.05) is 0 Å². The highest BCUT2D eigenvalue weighted by molar-refractivity contribution is 7.93. The first-order chi connectivity index (χ1) is 8.54. The molecule has 1 aromatic carbocycles. The summed E-state index contributed by atoms with van der Waals surface area (Å²) in [5.41, 5.74) is 0. The molecule has 0 amide bonds. The lowest BCUT2D eigenvalue weighted by molar-refractivity contribution is 0.509. The predicted octanol–water partition coefficient (Wildman–Crippen LogP) is 3.32. The molecule has 0 radical (unpaired) electrons. The summed E-state index contributed by atoms with van der Waals surface area (Å²) in [5.74, 6) is 0. The number of nitriles is 1. The Morgan fingerprint density at radius 2 is 1.61 bits per heavy atom. The lowest BCUT2D eigenvalue weighted by Crippen LogP contribution is -2.37. The predicted molar refractivity (Wildman–Crippen MR) is 71.8 cm³/mol. The molecule has 3 nitrogen and oxygen atoms in total. The van der Waals surface area contributed by atoms with Crippen LogP contribution in [0.5, 0.6) is 0 Å². The molecule has 0 bridgehead atoms. The summed E-state index contributed by atoms with van der Waals surface area (Å²) < 4.78 is 24.0. The molecule has 0 unspecified atom stereocenters. The molecule has 1 aromatic rings. The van der Waals surface area contributed by atoms with Gasteiger partial charge in [-0.2, -0.15) is 5.26 Å². The molecule has 98 valence electrons. The summed E-state index contributed by atoms with van der Waals surface area (Å²) in [6.07, 6.45) is 2.13. The topological polar surface area (TPSA) is 57.9 Å². The molecule has 4 heteroatoms. The highest BCUT2D eigenvalue weighted by atomic mass is 32.2. The maximum Gasteiger partial charge on any atom is 0.197 e. The van der Waals surface area contributed by atoms with E-state index < -0.39 is 14.6 Å². The zero-order chi connectivity index (χ0) is 13.6. The van der Waals surface area contributed by atoms with E-state index in [0.29, 0.717) is 25.7 Å². The Balaban J connectivity index is 3.33. The van der Waals surface area contributed by atoms with Crippen molar-refractivity contribution < 1.29 is 8.42 Å². The number of rotatable bonds is 6. The highest BCUT2D eigenvalue weighted by Crippen LogP contribution is 2.33. The molecule has 0 heterocycles. The van der Waals surface area contributed by atoms with E-state index in [1.165, 1.54) is 0 Å². The van der Waals surface area contributed by atoms with Gasteiger partial charge in [-0.15, -0.1) is 0 Å². The largest absolute Gasteiger partial charge is 0.222 e. The highest BCUT2D eigenvalue weighted by Gasteiger charge is 2.43. The minimum Gasteiger partial charge on any atom is -0.222 e. The minimum atomic E-state index is -3.60. The van der Waals surface area contributed by atoms with Gasteiger partial charge in [-0.05, 0) is 25.0 Å². The maximum absolute atomic E-state index is 12.6. The smallest absolute Gasteiger partial charge is 0.197 e. The van der Waals surface area contributed by atoms with Gasteiger partial charge in [-0.1, -0.05) is 44.9 Å². The van der Waals surface area contributed by atoms with Crippen LogP contribution in [0.3, 0.4) is 0 Å². The average Bonchev–Trinajstić information content (AvgIpc) is 2.39. The summed E-state index contributed by atoms with van der Waals surface area (Å²) in [6.45, 7) is 3.81. The van der Waals surface area contributed by atoms with Crippen LogP contribution in [-0.4, -0.2) is 13.2 Å². The summed E-state index contributed by atoms with van der Waals surface area (Å²) in [5, 5.41) is 9.41. The van der Waals surface area contributed by atoms with Crippen molar-refractivity contribution >= 4 is 9.84 Å². The Morgan fingerprint density at radius 1 is 1.11 bits per heavy atom. The second-order valence-electron chi connectivity index (χ2n) is 4.42. The first kappa shape index (κ1) is 14.7. The monoisotopic (exact) mass is 265 g/mol. The van der Waals surface area contributed by atoms with Crippen LogP contribution in [0.25, 0.3) is 0 Å². The molecule has 0 aliphatic rings. The zero-order valence-corrected chi connectivity index (χ0v) is 11.7. The fraction of sp³-hybridized carbons (Fsp3) is 0.500. The number of hydrogen-bond donors (Lipinski definition) is 0. The molecule has 0 fully saturated rings. The quantitative estimate of drug-likeness (QED) is 0.792. The van der Waals surface area contributed by atoms with Crippen molar-refractivity contribution in [1.82, 2.24) is 0 Å². The van der Waals surface area contributed by atoms with E-state index in [-0.39, 0.29) is 4.90 Å². The number of nitrogens with zero attached hydrogens (tertiary/aromatic N) is 1. The molecule has 1 rings (SSSR count). The van der Waals surface area contributed by atoms with Gasteiger partial charge >= 0.3 is 0 Å². The van der Waals surface area contributed by atoms with Crippen LogP contribution < -0.4 is 0 Å². The van der Waals surface area contributed by atoms with Crippen molar-refractivity contribution in [1.29, 1.82) is 5.26 Å². The third-order valence-corrected chi connectivity index (χ3v) is 5.50. The Bertz CT molecular complexity index is 508. The molecule has 0 aliphatic carbocycles. The van der Waals surface area contributed by atoms with Crippen molar-refractivity contribution in [3.63, 3.8) is 0 Å². The number of benzene rings is 1. The van der Waals surface area contributed by atoms with Crippen LogP contribution in [0.1, 0.15) is 39.5 Å². The SMILES string of the molecule is CCCC(C#N)(CCC)S(=O)(=O)c1ccccc1. The molecule has 0 aliphatic heterocycles. The van der Waals surface area contributed by atoms with Crippen LogP contribution in [-0.2, 0) is 9.84 Å². The third-order valence-electron chi connectivity index (χ3n) is 3.08. The Labute approximate surface area is 109 Å². The van der Waals surface area contributed by atoms with Gasteiger partial charge in [0.2, 0.25) is 0 Å². The Kier molecular flexibility index (Phi) is 4.92. The molecule has 0 N–H and O–H groups in total. The first-order valence-electron chi connectivity index (χ1n) is 6.25. The number of hydrogen-bond acceptors (Lipinski definition) is 3. The van der Waals surface area contributed by atoms with Crippen molar-refractivity contribution in [3.8, 4) is 6.07 Å². The molecule has 18 heavy (non-hydrogen) atoms. The summed E-state index contributed by atoms with van der Waals surface area (Å²) in [6, 6.07) is 10.3. The summed E-state index contributed by atoms with van der Waals surface area (Å²) >= 11 is 0. The van der Waals surface area contributed by atoms with E-state index in [2.05, 4.69) is 6.07 Å². The first-order valence-corrected chi connectivity index (χ1v) is 7.73.